The van der Waals surface area contributed by atoms with Gasteiger partial charge in [-0.05, 0) is 42.7 Å². The molecule has 0 saturated carbocycles. The predicted molar refractivity (Wildman–Crippen MR) is 84.2 cm³/mol. The van der Waals surface area contributed by atoms with E-state index in [1.54, 1.807) is 41.3 Å². The van der Waals surface area contributed by atoms with Crippen LogP contribution in [0.2, 0.25) is 5.02 Å². The number of carbonyl (C=O) groups excluding carboxylic acids is 1. The van der Waals surface area contributed by atoms with Crippen LogP contribution in [0.5, 0.6) is 5.75 Å². The number of anilines is 2. The standard InChI is InChI=1S/C16H15ClN2O2/c17-12-6-2-7-13(10-12)18-16(21)19-9-3-5-11-4-1-8-14(20)15(11)19/h1-2,4,6-8,10,20H,3,5,9H2,(H,18,21). The summed E-state index contributed by atoms with van der Waals surface area (Å²) in [4.78, 5) is 14.0. The molecule has 0 saturated heterocycles. The van der Waals surface area contributed by atoms with Gasteiger partial charge in [0.2, 0.25) is 0 Å². The normalized spacial score (nSPS) is 13.7. The van der Waals surface area contributed by atoms with Crippen LogP contribution in [0.1, 0.15) is 12.0 Å². The number of aryl methyl sites for hydroxylation is 1. The van der Waals surface area contributed by atoms with E-state index < -0.39 is 0 Å². The maximum atomic E-state index is 12.5. The smallest absolute Gasteiger partial charge is 0.326 e. The van der Waals surface area contributed by atoms with Crippen molar-refractivity contribution in [3.05, 3.63) is 53.1 Å². The number of phenols is 1. The minimum atomic E-state index is -0.264. The Kier molecular flexibility index (Phi) is 3.71. The summed E-state index contributed by atoms with van der Waals surface area (Å²) >= 11 is 5.92. The molecule has 2 N–H and O–H groups in total. The zero-order valence-electron chi connectivity index (χ0n) is 11.3. The van der Waals surface area contributed by atoms with E-state index in [0.717, 1.165) is 18.4 Å². The Hall–Kier alpha value is -2.20. The van der Waals surface area contributed by atoms with Crippen LogP contribution in [-0.4, -0.2) is 17.7 Å². The van der Waals surface area contributed by atoms with Gasteiger partial charge in [0.05, 0.1) is 5.69 Å². The molecular weight excluding hydrogens is 288 g/mol. The lowest BCUT2D eigenvalue weighted by Gasteiger charge is -2.30. The first-order chi connectivity index (χ1) is 10.1. The van der Waals surface area contributed by atoms with Crippen molar-refractivity contribution in [3.63, 3.8) is 0 Å². The summed E-state index contributed by atoms with van der Waals surface area (Å²) in [5, 5.41) is 13.4. The van der Waals surface area contributed by atoms with E-state index in [-0.39, 0.29) is 11.8 Å². The number of phenolic OH excluding ortho intramolecular Hbond substituents is 1. The number of carbonyl (C=O) groups is 1. The highest BCUT2D eigenvalue weighted by Gasteiger charge is 2.25. The second kappa shape index (κ2) is 5.66. The summed E-state index contributed by atoms with van der Waals surface area (Å²) in [5.41, 5.74) is 2.22. The van der Waals surface area contributed by atoms with Gasteiger partial charge in [0.25, 0.3) is 0 Å². The largest absolute Gasteiger partial charge is 0.506 e. The first-order valence-electron chi connectivity index (χ1n) is 6.80. The van der Waals surface area contributed by atoms with Gasteiger partial charge in [-0.25, -0.2) is 4.79 Å². The Labute approximate surface area is 128 Å². The van der Waals surface area contributed by atoms with E-state index in [0.29, 0.717) is 22.9 Å². The summed E-state index contributed by atoms with van der Waals surface area (Å²) in [6, 6.07) is 12.1. The van der Waals surface area contributed by atoms with Crippen LogP contribution < -0.4 is 10.2 Å². The van der Waals surface area contributed by atoms with Gasteiger partial charge in [-0.15, -0.1) is 0 Å². The molecule has 0 bridgehead atoms. The summed E-state index contributed by atoms with van der Waals surface area (Å²) in [7, 11) is 0. The van der Waals surface area contributed by atoms with Crippen LogP contribution in [0, 0.1) is 0 Å². The Bertz CT molecular complexity index is 688. The Morgan fingerprint density at radius 3 is 2.86 bits per heavy atom. The number of aromatic hydroxyl groups is 1. The first kappa shape index (κ1) is 13.8. The fourth-order valence-corrected chi connectivity index (χ4v) is 2.78. The van der Waals surface area contributed by atoms with E-state index in [1.165, 1.54) is 0 Å². The van der Waals surface area contributed by atoms with Gasteiger partial charge in [-0.3, -0.25) is 4.90 Å². The molecule has 2 amide bonds. The molecule has 2 aromatic rings. The summed E-state index contributed by atoms with van der Waals surface area (Å²) in [6.45, 7) is 0.580. The maximum Gasteiger partial charge on any atom is 0.326 e. The Balaban J connectivity index is 1.87. The molecule has 0 spiro atoms. The molecule has 0 atom stereocenters. The number of benzene rings is 2. The van der Waals surface area contributed by atoms with Gasteiger partial charge in [-0.2, -0.15) is 0 Å². The van der Waals surface area contributed by atoms with Crippen LogP contribution in [0.15, 0.2) is 42.5 Å². The molecule has 1 aliphatic rings. The van der Waals surface area contributed by atoms with Crippen LogP contribution in [0.4, 0.5) is 16.2 Å². The Morgan fingerprint density at radius 1 is 1.24 bits per heavy atom. The third-order valence-electron chi connectivity index (χ3n) is 3.52. The van der Waals surface area contributed by atoms with E-state index >= 15 is 0 Å². The third kappa shape index (κ3) is 2.81. The molecular formula is C16H15ClN2O2. The van der Waals surface area contributed by atoms with Crippen LogP contribution in [0.25, 0.3) is 0 Å². The molecule has 1 aliphatic heterocycles. The maximum absolute atomic E-state index is 12.5. The van der Waals surface area contributed by atoms with Gasteiger partial charge >= 0.3 is 6.03 Å². The molecule has 5 heteroatoms. The van der Waals surface area contributed by atoms with Crippen molar-refractivity contribution in [1.29, 1.82) is 0 Å². The molecule has 0 unspecified atom stereocenters. The highest BCUT2D eigenvalue weighted by molar-refractivity contribution is 6.30. The number of rotatable bonds is 1. The second-order valence-corrected chi connectivity index (χ2v) is 5.42. The number of hydrogen-bond donors (Lipinski definition) is 2. The fourth-order valence-electron chi connectivity index (χ4n) is 2.59. The van der Waals surface area contributed by atoms with Crippen molar-refractivity contribution in [3.8, 4) is 5.75 Å². The zero-order valence-corrected chi connectivity index (χ0v) is 12.1. The second-order valence-electron chi connectivity index (χ2n) is 4.98. The van der Waals surface area contributed by atoms with Crippen molar-refractivity contribution in [2.75, 3.05) is 16.8 Å². The molecule has 108 valence electrons. The molecule has 0 fully saturated rings. The monoisotopic (exact) mass is 302 g/mol. The third-order valence-corrected chi connectivity index (χ3v) is 3.75. The van der Waals surface area contributed by atoms with Gasteiger partial charge in [-0.1, -0.05) is 29.8 Å². The van der Waals surface area contributed by atoms with Gasteiger partial charge in [0.15, 0.2) is 0 Å². The molecule has 0 aliphatic carbocycles. The van der Waals surface area contributed by atoms with Crippen molar-refractivity contribution in [2.24, 2.45) is 0 Å². The predicted octanol–water partition coefficient (Wildman–Crippen LogP) is 4.03. The molecule has 4 nitrogen and oxygen atoms in total. The zero-order chi connectivity index (χ0) is 14.8. The number of urea groups is 1. The van der Waals surface area contributed by atoms with E-state index in [9.17, 15) is 9.90 Å². The number of hydrogen-bond acceptors (Lipinski definition) is 2. The van der Waals surface area contributed by atoms with E-state index in [4.69, 9.17) is 11.6 Å². The van der Waals surface area contributed by atoms with Gasteiger partial charge in [0, 0.05) is 17.3 Å². The number of nitrogens with zero attached hydrogens (tertiary/aromatic N) is 1. The molecule has 0 radical (unpaired) electrons. The van der Waals surface area contributed by atoms with Crippen molar-refractivity contribution in [1.82, 2.24) is 0 Å². The molecule has 1 heterocycles. The average Bonchev–Trinajstić information content (AvgIpc) is 2.47. The van der Waals surface area contributed by atoms with E-state index in [1.807, 2.05) is 6.07 Å². The lowest BCUT2D eigenvalue weighted by Crippen LogP contribution is -2.38. The minimum absolute atomic E-state index is 0.133. The molecule has 0 aromatic heterocycles. The lowest BCUT2D eigenvalue weighted by molar-refractivity contribution is 0.256. The Morgan fingerprint density at radius 2 is 2.05 bits per heavy atom. The molecule has 21 heavy (non-hydrogen) atoms. The number of nitrogens with one attached hydrogen (secondary N) is 1. The van der Waals surface area contributed by atoms with Crippen molar-refractivity contribution >= 4 is 29.0 Å². The summed E-state index contributed by atoms with van der Waals surface area (Å²) in [5.74, 6) is 0.133. The number of amides is 2. The summed E-state index contributed by atoms with van der Waals surface area (Å²) in [6.07, 6.45) is 1.74. The highest BCUT2D eigenvalue weighted by Crippen LogP contribution is 2.35. The lowest BCUT2D eigenvalue weighted by atomic mass is 10.0. The van der Waals surface area contributed by atoms with Crippen LogP contribution in [-0.2, 0) is 6.42 Å². The SMILES string of the molecule is O=C(Nc1cccc(Cl)c1)N1CCCc2cccc(O)c21. The molecule has 2 aromatic carbocycles. The van der Waals surface area contributed by atoms with Crippen molar-refractivity contribution in [2.45, 2.75) is 12.8 Å². The van der Waals surface area contributed by atoms with Crippen LogP contribution in [0.3, 0.4) is 0 Å². The molecule has 3 rings (SSSR count). The topological polar surface area (TPSA) is 52.6 Å². The number of halogens is 1. The number of para-hydroxylation sites is 1. The first-order valence-corrected chi connectivity index (χ1v) is 7.18. The average molecular weight is 303 g/mol. The number of fused-ring (bicyclic) bond motifs is 1. The quantitative estimate of drug-likeness (QED) is 0.835. The summed E-state index contributed by atoms with van der Waals surface area (Å²) < 4.78 is 0. The fraction of sp³-hybridized carbons (Fsp3) is 0.188. The van der Waals surface area contributed by atoms with Crippen LogP contribution >= 0.6 is 11.6 Å². The van der Waals surface area contributed by atoms with Gasteiger partial charge in [0.1, 0.15) is 5.75 Å². The van der Waals surface area contributed by atoms with Crippen molar-refractivity contribution < 1.29 is 9.90 Å². The van der Waals surface area contributed by atoms with Gasteiger partial charge < -0.3 is 10.4 Å². The van der Waals surface area contributed by atoms with E-state index in [2.05, 4.69) is 5.32 Å². The highest BCUT2D eigenvalue weighted by atomic mass is 35.5. The minimum Gasteiger partial charge on any atom is -0.506 e.